The standard InChI is InChI=1S/C30H30ClF3N2O/c1-19(2)16-35-29(37)15-24(22-12-13-27(31)26(14-22)30(32,33)34)25-18-36(28-7-5-4-6-23(25)28)17-21-10-8-20(3)9-11-21/h4-14,18-19,24H,15-17H2,1-3H3,(H,35,37). The number of nitrogens with one attached hydrogen (secondary N) is 1. The van der Waals surface area contributed by atoms with Gasteiger partial charge in [0.2, 0.25) is 5.91 Å². The first kappa shape index (κ1) is 26.8. The van der Waals surface area contributed by atoms with Crippen LogP contribution in [0.3, 0.4) is 0 Å². The van der Waals surface area contributed by atoms with Crippen LogP contribution in [0.25, 0.3) is 10.9 Å². The maximum absolute atomic E-state index is 13.7. The summed E-state index contributed by atoms with van der Waals surface area (Å²) in [6, 6.07) is 20.0. The number of carbonyl (C=O) groups is 1. The number of aryl methyl sites for hydroxylation is 1. The Labute approximate surface area is 220 Å². The molecule has 1 aromatic heterocycles. The molecular formula is C30H30ClF3N2O. The first-order valence-corrected chi connectivity index (χ1v) is 12.7. The Morgan fingerprint density at radius 2 is 1.73 bits per heavy atom. The lowest BCUT2D eigenvalue weighted by molar-refractivity contribution is -0.137. The third-order valence-corrected chi connectivity index (χ3v) is 6.79. The van der Waals surface area contributed by atoms with E-state index in [0.29, 0.717) is 18.7 Å². The fraction of sp³-hybridized carbons (Fsp3) is 0.300. The molecular weight excluding hydrogens is 497 g/mol. The van der Waals surface area contributed by atoms with Crippen molar-refractivity contribution >= 4 is 28.4 Å². The van der Waals surface area contributed by atoms with Gasteiger partial charge in [-0.2, -0.15) is 13.2 Å². The smallest absolute Gasteiger partial charge is 0.356 e. The monoisotopic (exact) mass is 526 g/mol. The molecule has 0 bridgehead atoms. The van der Waals surface area contributed by atoms with Gasteiger partial charge in [-0.1, -0.05) is 79.5 Å². The molecule has 7 heteroatoms. The van der Waals surface area contributed by atoms with Crippen LogP contribution in [0.5, 0.6) is 0 Å². The Hall–Kier alpha value is -3.25. The molecule has 0 saturated heterocycles. The highest BCUT2D eigenvalue weighted by Gasteiger charge is 2.34. The molecule has 37 heavy (non-hydrogen) atoms. The number of nitrogens with zero attached hydrogens (tertiary/aromatic N) is 1. The summed E-state index contributed by atoms with van der Waals surface area (Å²) in [6.45, 7) is 7.11. The minimum Gasteiger partial charge on any atom is -0.356 e. The highest BCUT2D eigenvalue weighted by atomic mass is 35.5. The molecule has 1 amide bonds. The van der Waals surface area contributed by atoms with E-state index in [0.717, 1.165) is 33.7 Å². The molecule has 4 rings (SSSR count). The Kier molecular flexibility index (Phi) is 7.98. The SMILES string of the molecule is Cc1ccc(Cn2cc(C(CC(=O)NCC(C)C)c3ccc(Cl)c(C(F)(F)F)c3)c3ccccc32)cc1. The summed E-state index contributed by atoms with van der Waals surface area (Å²) in [4.78, 5) is 13.0. The van der Waals surface area contributed by atoms with Crippen LogP contribution in [0.15, 0.2) is 72.9 Å². The predicted molar refractivity (Wildman–Crippen MR) is 143 cm³/mol. The highest BCUT2D eigenvalue weighted by molar-refractivity contribution is 6.31. The molecule has 0 saturated carbocycles. The number of fused-ring (bicyclic) bond motifs is 1. The van der Waals surface area contributed by atoms with E-state index in [-0.39, 0.29) is 23.3 Å². The molecule has 1 N–H and O–H groups in total. The van der Waals surface area contributed by atoms with Crippen molar-refractivity contribution in [3.05, 3.63) is 106 Å². The lowest BCUT2D eigenvalue weighted by atomic mass is 9.87. The number of amides is 1. The van der Waals surface area contributed by atoms with E-state index < -0.39 is 17.7 Å². The molecule has 1 unspecified atom stereocenters. The fourth-order valence-electron chi connectivity index (χ4n) is 4.53. The van der Waals surface area contributed by atoms with Crippen molar-refractivity contribution in [2.75, 3.05) is 6.54 Å². The van der Waals surface area contributed by atoms with Crippen molar-refractivity contribution in [3.63, 3.8) is 0 Å². The molecule has 1 atom stereocenters. The maximum atomic E-state index is 13.7. The molecule has 3 aromatic carbocycles. The summed E-state index contributed by atoms with van der Waals surface area (Å²) in [5.74, 6) is -0.543. The van der Waals surface area contributed by atoms with Gasteiger partial charge in [-0.25, -0.2) is 0 Å². The Morgan fingerprint density at radius 1 is 1.03 bits per heavy atom. The minimum absolute atomic E-state index is 0.0180. The van der Waals surface area contributed by atoms with Crippen LogP contribution >= 0.6 is 11.6 Å². The van der Waals surface area contributed by atoms with Crippen LogP contribution in [-0.2, 0) is 17.5 Å². The highest BCUT2D eigenvalue weighted by Crippen LogP contribution is 2.40. The number of para-hydroxylation sites is 1. The number of aromatic nitrogens is 1. The van der Waals surface area contributed by atoms with E-state index in [1.165, 1.54) is 6.07 Å². The summed E-state index contributed by atoms with van der Waals surface area (Å²) in [5, 5.41) is 3.46. The van der Waals surface area contributed by atoms with Crippen LogP contribution in [0.2, 0.25) is 5.02 Å². The molecule has 0 aliphatic carbocycles. The Bertz CT molecular complexity index is 1390. The maximum Gasteiger partial charge on any atom is 0.417 e. The molecule has 194 valence electrons. The zero-order valence-corrected chi connectivity index (χ0v) is 21.8. The van der Waals surface area contributed by atoms with Gasteiger partial charge in [0.1, 0.15) is 0 Å². The van der Waals surface area contributed by atoms with E-state index in [9.17, 15) is 18.0 Å². The zero-order valence-electron chi connectivity index (χ0n) is 21.1. The van der Waals surface area contributed by atoms with E-state index in [2.05, 4.69) is 34.1 Å². The van der Waals surface area contributed by atoms with E-state index in [1.54, 1.807) is 6.07 Å². The second kappa shape index (κ2) is 11.0. The number of hydrogen-bond donors (Lipinski definition) is 1. The topological polar surface area (TPSA) is 34.0 Å². The summed E-state index contributed by atoms with van der Waals surface area (Å²) < 4.78 is 43.3. The fourth-order valence-corrected chi connectivity index (χ4v) is 4.76. The van der Waals surface area contributed by atoms with Crippen LogP contribution in [-0.4, -0.2) is 17.0 Å². The average Bonchev–Trinajstić information content (AvgIpc) is 3.20. The lowest BCUT2D eigenvalue weighted by Crippen LogP contribution is -2.28. The van der Waals surface area contributed by atoms with Gasteiger partial charge >= 0.3 is 6.18 Å². The molecule has 1 heterocycles. The second-order valence-electron chi connectivity index (χ2n) is 9.91. The van der Waals surface area contributed by atoms with Crippen molar-refractivity contribution in [2.24, 2.45) is 5.92 Å². The van der Waals surface area contributed by atoms with Crippen molar-refractivity contribution in [1.29, 1.82) is 0 Å². The number of rotatable bonds is 8. The van der Waals surface area contributed by atoms with Gasteiger partial charge in [0, 0.05) is 42.5 Å². The van der Waals surface area contributed by atoms with Gasteiger partial charge in [-0.3, -0.25) is 4.79 Å². The molecule has 4 aromatic rings. The van der Waals surface area contributed by atoms with Gasteiger partial charge in [-0.15, -0.1) is 0 Å². The van der Waals surface area contributed by atoms with Crippen LogP contribution in [0.1, 0.15) is 54.0 Å². The molecule has 0 spiro atoms. The Balaban J connectivity index is 1.82. The van der Waals surface area contributed by atoms with Crippen LogP contribution in [0, 0.1) is 12.8 Å². The number of carbonyl (C=O) groups excluding carboxylic acids is 1. The summed E-state index contributed by atoms with van der Waals surface area (Å²) in [6.07, 6.45) is -2.62. The zero-order chi connectivity index (χ0) is 26.7. The van der Waals surface area contributed by atoms with Crippen LogP contribution in [0.4, 0.5) is 13.2 Å². The quantitative estimate of drug-likeness (QED) is 0.248. The molecule has 0 fully saturated rings. The minimum atomic E-state index is -4.60. The number of halogens is 4. The summed E-state index contributed by atoms with van der Waals surface area (Å²) >= 11 is 5.92. The average molecular weight is 527 g/mol. The molecule has 3 nitrogen and oxygen atoms in total. The van der Waals surface area contributed by atoms with Gasteiger partial charge < -0.3 is 9.88 Å². The molecule has 0 radical (unpaired) electrons. The number of alkyl halides is 3. The van der Waals surface area contributed by atoms with Crippen molar-refractivity contribution < 1.29 is 18.0 Å². The van der Waals surface area contributed by atoms with Crippen molar-refractivity contribution in [1.82, 2.24) is 9.88 Å². The summed E-state index contributed by atoms with van der Waals surface area (Å²) in [7, 11) is 0. The van der Waals surface area contributed by atoms with Crippen molar-refractivity contribution in [2.45, 2.75) is 45.8 Å². The lowest BCUT2D eigenvalue weighted by Gasteiger charge is -2.20. The molecule has 0 aliphatic heterocycles. The van der Waals surface area contributed by atoms with Gasteiger partial charge in [-0.05, 0) is 47.7 Å². The predicted octanol–water partition coefficient (Wildman–Crippen LogP) is 7.96. The van der Waals surface area contributed by atoms with E-state index >= 15 is 0 Å². The first-order valence-electron chi connectivity index (χ1n) is 12.3. The third-order valence-electron chi connectivity index (χ3n) is 6.46. The van der Waals surface area contributed by atoms with Gasteiger partial charge in [0.15, 0.2) is 0 Å². The van der Waals surface area contributed by atoms with Crippen molar-refractivity contribution in [3.8, 4) is 0 Å². The van der Waals surface area contributed by atoms with E-state index in [4.69, 9.17) is 11.6 Å². The van der Waals surface area contributed by atoms with Gasteiger partial charge in [0.05, 0.1) is 10.6 Å². The third kappa shape index (κ3) is 6.37. The summed E-state index contributed by atoms with van der Waals surface area (Å²) in [5.41, 5.74) is 3.53. The number of hydrogen-bond acceptors (Lipinski definition) is 1. The largest absolute Gasteiger partial charge is 0.417 e. The number of benzene rings is 3. The van der Waals surface area contributed by atoms with Gasteiger partial charge in [0.25, 0.3) is 0 Å². The first-order chi connectivity index (χ1) is 17.5. The van der Waals surface area contributed by atoms with E-state index in [1.807, 2.05) is 51.2 Å². The van der Waals surface area contributed by atoms with Crippen LogP contribution < -0.4 is 5.32 Å². The molecule has 0 aliphatic rings. The second-order valence-corrected chi connectivity index (χ2v) is 10.3. The normalized spacial score (nSPS) is 12.8. The Morgan fingerprint density at radius 3 is 2.41 bits per heavy atom.